The number of ether oxygens (including phenoxy) is 1. The topological polar surface area (TPSA) is 106 Å². The zero-order valence-corrected chi connectivity index (χ0v) is 11.0. The van der Waals surface area contributed by atoms with Gasteiger partial charge in [0.1, 0.15) is 0 Å². The number of nitrogens with zero attached hydrogens (tertiary/aromatic N) is 2. The summed E-state index contributed by atoms with van der Waals surface area (Å²) in [4.78, 5) is 15.3. The summed E-state index contributed by atoms with van der Waals surface area (Å²) in [6.07, 6.45) is 7.43. The highest BCUT2D eigenvalue weighted by molar-refractivity contribution is 5.90. The molecule has 0 aliphatic heterocycles. The lowest BCUT2D eigenvalue weighted by Crippen LogP contribution is -2.27. The zero-order chi connectivity index (χ0) is 13.5. The zero-order valence-electron chi connectivity index (χ0n) is 11.0. The molecule has 0 atom stereocenters. The second-order valence-corrected chi connectivity index (χ2v) is 4.78. The number of rotatable bonds is 6. The predicted octanol–water partition coefficient (Wildman–Crippen LogP) is 0.856. The molecule has 1 aliphatic rings. The molecule has 4 N–H and O–H groups in total. The van der Waals surface area contributed by atoms with Crippen molar-refractivity contribution >= 4 is 11.9 Å². The van der Waals surface area contributed by atoms with Crippen LogP contribution in [0.2, 0.25) is 0 Å². The highest BCUT2D eigenvalue weighted by atomic mass is 16.5. The molecule has 1 aromatic heterocycles. The largest absolute Gasteiger partial charge is 0.378 e. The standard InChI is InChI=1S/C12H21N5O2/c13-12-15-10(16-17-12)11(18)14-7-4-8-19-9-5-2-1-3-6-9/h9H,1-8H2,(H,14,18)(H3,13,15,16,17). The van der Waals surface area contributed by atoms with E-state index in [1.165, 1.54) is 32.1 Å². The van der Waals surface area contributed by atoms with Gasteiger partial charge in [0, 0.05) is 13.2 Å². The van der Waals surface area contributed by atoms with Crippen molar-refractivity contribution in [2.45, 2.75) is 44.6 Å². The van der Waals surface area contributed by atoms with Gasteiger partial charge >= 0.3 is 0 Å². The minimum atomic E-state index is -0.290. The Morgan fingerprint density at radius 2 is 2.21 bits per heavy atom. The summed E-state index contributed by atoms with van der Waals surface area (Å²) in [5, 5.41) is 8.81. The van der Waals surface area contributed by atoms with Gasteiger partial charge in [-0.3, -0.25) is 9.89 Å². The van der Waals surface area contributed by atoms with E-state index in [0.717, 1.165) is 6.42 Å². The second-order valence-electron chi connectivity index (χ2n) is 4.78. The Morgan fingerprint density at radius 3 is 2.89 bits per heavy atom. The number of nitrogen functional groups attached to an aromatic ring is 1. The number of nitrogens with one attached hydrogen (secondary N) is 2. The smallest absolute Gasteiger partial charge is 0.288 e. The molecule has 1 saturated carbocycles. The molecule has 1 aliphatic carbocycles. The van der Waals surface area contributed by atoms with Gasteiger partial charge < -0.3 is 15.8 Å². The molecule has 1 heterocycles. The normalized spacial score (nSPS) is 16.4. The van der Waals surface area contributed by atoms with E-state index in [-0.39, 0.29) is 17.7 Å². The van der Waals surface area contributed by atoms with Crippen LogP contribution in [0.1, 0.15) is 49.1 Å². The summed E-state index contributed by atoms with van der Waals surface area (Å²) in [5.74, 6) is -0.0710. The first kappa shape index (κ1) is 13.8. The molecule has 106 valence electrons. The molecule has 0 spiro atoms. The predicted molar refractivity (Wildman–Crippen MR) is 70.6 cm³/mol. The first-order valence-electron chi connectivity index (χ1n) is 6.83. The molecule has 2 rings (SSSR count). The van der Waals surface area contributed by atoms with Crippen LogP contribution in [-0.2, 0) is 4.74 Å². The highest BCUT2D eigenvalue weighted by Gasteiger charge is 2.13. The SMILES string of the molecule is Nc1n[nH]c(C(=O)NCCCOC2CCCCC2)n1. The average molecular weight is 267 g/mol. The fraction of sp³-hybridized carbons (Fsp3) is 0.750. The third kappa shape index (κ3) is 4.51. The maximum Gasteiger partial charge on any atom is 0.288 e. The van der Waals surface area contributed by atoms with E-state index in [2.05, 4.69) is 20.5 Å². The molecule has 0 radical (unpaired) electrons. The molecule has 0 aromatic carbocycles. The van der Waals surface area contributed by atoms with E-state index in [0.29, 0.717) is 19.3 Å². The van der Waals surface area contributed by atoms with Gasteiger partial charge in [-0.15, -0.1) is 5.10 Å². The summed E-state index contributed by atoms with van der Waals surface area (Å²) in [6, 6.07) is 0. The quantitative estimate of drug-likeness (QED) is 0.663. The maximum absolute atomic E-state index is 11.6. The van der Waals surface area contributed by atoms with Gasteiger partial charge in [-0.1, -0.05) is 19.3 Å². The molecule has 7 heteroatoms. The fourth-order valence-electron chi connectivity index (χ4n) is 2.22. The Hall–Kier alpha value is -1.63. The van der Waals surface area contributed by atoms with Gasteiger partial charge in [0.25, 0.3) is 5.91 Å². The van der Waals surface area contributed by atoms with Crippen LogP contribution < -0.4 is 11.1 Å². The number of amides is 1. The van der Waals surface area contributed by atoms with E-state index in [9.17, 15) is 4.79 Å². The number of aromatic nitrogens is 3. The Balaban J connectivity index is 1.55. The van der Waals surface area contributed by atoms with Crippen LogP contribution >= 0.6 is 0 Å². The van der Waals surface area contributed by atoms with E-state index in [1.807, 2.05) is 0 Å². The molecule has 0 unspecified atom stereocenters. The minimum absolute atomic E-state index is 0.0748. The van der Waals surface area contributed by atoms with E-state index in [1.54, 1.807) is 0 Å². The van der Waals surface area contributed by atoms with Crippen LogP contribution in [0, 0.1) is 0 Å². The molecular weight excluding hydrogens is 246 g/mol. The van der Waals surface area contributed by atoms with Crippen molar-refractivity contribution < 1.29 is 9.53 Å². The monoisotopic (exact) mass is 267 g/mol. The van der Waals surface area contributed by atoms with Crippen molar-refractivity contribution in [3.63, 3.8) is 0 Å². The number of hydrogen-bond acceptors (Lipinski definition) is 5. The molecular formula is C12H21N5O2. The molecule has 0 saturated heterocycles. The van der Waals surface area contributed by atoms with Gasteiger partial charge in [0.2, 0.25) is 11.8 Å². The number of carbonyl (C=O) groups excluding carboxylic acids is 1. The Labute approximate surface area is 112 Å². The maximum atomic E-state index is 11.6. The van der Waals surface area contributed by atoms with Crippen molar-refractivity contribution in [3.05, 3.63) is 5.82 Å². The highest BCUT2D eigenvalue weighted by Crippen LogP contribution is 2.20. The number of aromatic amines is 1. The summed E-state index contributed by atoms with van der Waals surface area (Å²) < 4.78 is 5.77. The Morgan fingerprint density at radius 1 is 1.42 bits per heavy atom. The van der Waals surface area contributed by atoms with Crippen LogP contribution in [0.5, 0.6) is 0 Å². The number of hydrogen-bond donors (Lipinski definition) is 3. The molecule has 19 heavy (non-hydrogen) atoms. The fourth-order valence-corrected chi connectivity index (χ4v) is 2.22. The minimum Gasteiger partial charge on any atom is -0.378 e. The Kier molecular flexibility index (Phi) is 5.14. The lowest BCUT2D eigenvalue weighted by molar-refractivity contribution is 0.0273. The number of anilines is 1. The second kappa shape index (κ2) is 7.08. The van der Waals surface area contributed by atoms with Gasteiger partial charge in [-0.05, 0) is 19.3 Å². The summed E-state index contributed by atoms with van der Waals surface area (Å²) in [6.45, 7) is 1.25. The van der Waals surface area contributed by atoms with Gasteiger partial charge in [0.05, 0.1) is 6.10 Å². The van der Waals surface area contributed by atoms with Gasteiger partial charge in [0.15, 0.2) is 0 Å². The van der Waals surface area contributed by atoms with E-state index in [4.69, 9.17) is 10.5 Å². The van der Waals surface area contributed by atoms with Crippen molar-refractivity contribution in [1.82, 2.24) is 20.5 Å². The lowest BCUT2D eigenvalue weighted by Gasteiger charge is -2.21. The van der Waals surface area contributed by atoms with E-state index >= 15 is 0 Å². The number of H-pyrrole nitrogens is 1. The van der Waals surface area contributed by atoms with Crippen LogP contribution in [0.3, 0.4) is 0 Å². The van der Waals surface area contributed by atoms with Crippen molar-refractivity contribution in [2.24, 2.45) is 0 Å². The summed E-state index contributed by atoms with van der Waals surface area (Å²) >= 11 is 0. The molecule has 1 fully saturated rings. The molecule has 1 amide bonds. The molecule has 1 aromatic rings. The molecule has 0 bridgehead atoms. The Bertz CT molecular complexity index is 401. The average Bonchev–Trinajstić information content (AvgIpc) is 2.86. The summed E-state index contributed by atoms with van der Waals surface area (Å²) in [7, 11) is 0. The first-order chi connectivity index (χ1) is 9.25. The first-order valence-corrected chi connectivity index (χ1v) is 6.83. The van der Waals surface area contributed by atoms with Crippen LogP contribution in [0.4, 0.5) is 5.95 Å². The van der Waals surface area contributed by atoms with Gasteiger partial charge in [-0.2, -0.15) is 4.98 Å². The van der Waals surface area contributed by atoms with Crippen molar-refractivity contribution in [3.8, 4) is 0 Å². The third-order valence-corrected chi connectivity index (χ3v) is 3.23. The number of nitrogens with two attached hydrogens (primary N) is 1. The lowest BCUT2D eigenvalue weighted by atomic mass is 9.98. The van der Waals surface area contributed by atoms with E-state index < -0.39 is 0 Å². The van der Waals surface area contributed by atoms with Crippen LogP contribution in [-0.4, -0.2) is 40.3 Å². The van der Waals surface area contributed by atoms with Crippen molar-refractivity contribution in [1.29, 1.82) is 0 Å². The van der Waals surface area contributed by atoms with Gasteiger partial charge in [-0.25, -0.2) is 0 Å². The summed E-state index contributed by atoms with van der Waals surface area (Å²) in [5.41, 5.74) is 5.32. The van der Waals surface area contributed by atoms with Crippen molar-refractivity contribution in [2.75, 3.05) is 18.9 Å². The molecule has 7 nitrogen and oxygen atoms in total. The third-order valence-electron chi connectivity index (χ3n) is 3.23. The van der Waals surface area contributed by atoms with Crippen LogP contribution in [0.15, 0.2) is 0 Å². The van der Waals surface area contributed by atoms with Crippen LogP contribution in [0.25, 0.3) is 0 Å². The number of carbonyl (C=O) groups is 1.